The van der Waals surface area contributed by atoms with Gasteiger partial charge in [-0.2, -0.15) is 4.98 Å². The minimum atomic E-state index is -0.426. The molecule has 0 aliphatic heterocycles. The molecule has 0 saturated carbocycles. The van der Waals surface area contributed by atoms with Gasteiger partial charge in [0.05, 0.1) is 5.56 Å². The van der Waals surface area contributed by atoms with Gasteiger partial charge in [0.2, 0.25) is 5.82 Å². The number of ketones is 1. The summed E-state index contributed by atoms with van der Waals surface area (Å²) in [6.07, 6.45) is 0. The van der Waals surface area contributed by atoms with E-state index in [2.05, 4.69) is 10.1 Å². The first-order valence-electron chi connectivity index (χ1n) is 6.35. The molecule has 0 unspecified atom stereocenters. The minimum Gasteiger partial charge on any atom is -0.334 e. The average molecular weight is 282 g/mol. The third kappa shape index (κ3) is 2.58. The van der Waals surface area contributed by atoms with Gasteiger partial charge in [0.15, 0.2) is 5.78 Å². The zero-order valence-electron chi connectivity index (χ0n) is 11.2. The van der Waals surface area contributed by atoms with Crippen molar-refractivity contribution >= 4 is 5.78 Å². The highest BCUT2D eigenvalue weighted by atomic mass is 19.1. The summed E-state index contributed by atoms with van der Waals surface area (Å²) < 4.78 is 18.8. The topological polar surface area (TPSA) is 56.0 Å². The zero-order chi connectivity index (χ0) is 14.8. The molecule has 0 bridgehead atoms. The lowest BCUT2D eigenvalue weighted by Crippen LogP contribution is -1.92. The third-order valence-corrected chi connectivity index (χ3v) is 3.06. The molecule has 0 aliphatic rings. The van der Waals surface area contributed by atoms with Crippen LogP contribution in [0.25, 0.3) is 22.8 Å². The molecule has 0 atom stereocenters. The van der Waals surface area contributed by atoms with Gasteiger partial charge in [0.25, 0.3) is 5.89 Å². The molecule has 1 heterocycles. The molecular formula is C16H11FN2O2. The van der Waals surface area contributed by atoms with E-state index in [0.29, 0.717) is 17.0 Å². The smallest absolute Gasteiger partial charge is 0.261 e. The van der Waals surface area contributed by atoms with Crippen LogP contribution in [-0.2, 0) is 0 Å². The summed E-state index contributed by atoms with van der Waals surface area (Å²) in [5.41, 5.74) is 1.46. The van der Waals surface area contributed by atoms with E-state index in [1.807, 2.05) is 0 Å². The second-order valence-electron chi connectivity index (χ2n) is 4.54. The fraction of sp³-hybridized carbons (Fsp3) is 0.0625. The van der Waals surface area contributed by atoms with E-state index >= 15 is 0 Å². The molecule has 5 heteroatoms. The van der Waals surface area contributed by atoms with E-state index < -0.39 is 5.82 Å². The minimum absolute atomic E-state index is 0.0466. The molecule has 3 rings (SSSR count). The Kier molecular flexibility index (Phi) is 3.31. The molecule has 0 spiro atoms. The van der Waals surface area contributed by atoms with Gasteiger partial charge < -0.3 is 4.52 Å². The van der Waals surface area contributed by atoms with Crippen LogP contribution in [0, 0.1) is 5.82 Å². The van der Waals surface area contributed by atoms with E-state index in [-0.39, 0.29) is 17.2 Å². The number of halogens is 1. The van der Waals surface area contributed by atoms with Crippen LogP contribution in [0.1, 0.15) is 17.3 Å². The van der Waals surface area contributed by atoms with E-state index in [1.54, 1.807) is 42.5 Å². The molecule has 0 N–H and O–H groups in total. The summed E-state index contributed by atoms with van der Waals surface area (Å²) in [7, 11) is 0. The van der Waals surface area contributed by atoms with Crippen molar-refractivity contribution in [1.82, 2.24) is 10.1 Å². The Balaban J connectivity index is 2.01. The van der Waals surface area contributed by atoms with Crippen LogP contribution in [0.5, 0.6) is 0 Å². The van der Waals surface area contributed by atoms with Gasteiger partial charge >= 0.3 is 0 Å². The number of hydrogen-bond donors (Lipinski definition) is 0. The highest BCUT2D eigenvalue weighted by Gasteiger charge is 2.14. The monoisotopic (exact) mass is 282 g/mol. The molecule has 2 aromatic carbocycles. The maximum Gasteiger partial charge on any atom is 0.261 e. The predicted octanol–water partition coefficient (Wildman–Crippen LogP) is 3.75. The highest BCUT2D eigenvalue weighted by Crippen LogP contribution is 2.24. The number of aromatic nitrogens is 2. The van der Waals surface area contributed by atoms with E-state index in [9.17, 15) is 9.18 Å². The van der Waals surface area contributed by atoms with Crippen LogP contribution in [0.15, 0.2) is 53.1 Å². The number of benzene rings is 2. The van der Waals surface area contributed by atoms with E-state index in [0.717, 1.165) is 0 Å². The molecule has 104 valence electrons. The Morgan fingerprint density at radius 3 is 2.71 bits per heavy atom. The van der Waals surface area contributed by atoms with Gasteiger partial charge in [0.1, 0.15) is 5.82 Å². The van der Waals surface area contributed by atoms with Gasteiger partial charge in [-0.3, -0.25) is 4.79 Å². The van der Waals surface area contributed by atoms with E-state index in [1.165, 1.54) is 13.0 Å². The lowest BCUT2D eigenvalue weighted by molar-refractivity contribution is 0.101. The molecule has 0 amide bonds. The number of Topliss-reactive ketones (excluding diaryl/α,β-unsaturated/α-hetero) is 1. The summed E-state index contributed by atoms with van der Waals surface area (Å²) >= 11 is 0. The molecule has 0 radical (unpaired) electrons. The molecule has 0 saturated heterocycles. The lowest BCUT2D eigenvalue weighted by Gasteiger charge is -1.98. The van der Waals surface area contributed by atoms with Crippen molar-refractivity contribution in [2.75, 3.05) is 0 Å². The van der Waals surface area contributed by atoms with Gasteiger partial charge in [-0.1, -0.05) is 35.5 Å². The van der Waals surface area contributed by atoms with Gasteiger partial charge in [-0.25, -0.2) is 4.39 Å². The van der Waals surface area contributed by atoms with Crippen LogP contribution in [0.4, 0.5) is 4.39 Å². The van der Waals surface area contributed by atoms with Gasteiger partial charge in [-0.15, -0.1) is 0 Å². The number of rotatable bonds is 3. The molecule has 3 aromatic rings. The zero-order valence-corrected chi connectivity index (χ0v) is 11.2. The summed E-state index contributed by atoms with van der Waals surface area (Å²) in [6, 6.07) is 13.1. The largest absolute Gasteiger partial charge is 0.334 e. The average Bonchev–Trinajstić information content (AvgIpc) is 2.97. The second kappa shape index (κ2) is 5.28. The van der Waals surface area contributed by atoms with Crippen molar-refractivity contribution in [1.29, 1.82) is 0 Å². The number of carbonyl (C=O) groups excluding carboxylic acids is 1. The third-order valence-electron chi connectivity index (χ3n) is 3.06. The second-order valence-corrected chi connectivity index (χ2v) is 4.54. The molecule has 1 aromatic heterocycles. The maximum atomic E-state index is 13.7. The van der Waals surface area contributed by atoms with Gasteiger partial charge in [-0.05, 0) is 25.1 Å². The first-order chi connectivity index (χ1) is 10.1. The van der Waals surface area contributed by atoms with Crippen molar-refractivity contribution in [2.24, 2.45) is 0 Å². The molecular weight excluding hydrogens is 271 g/mol. The normalized spacial score (nSPS) is 10.6. The Bertz CT molecular complexity index is 811. The fourth-order valence-electron chi connectivity index (χ4n) is 1.96. The Labute approximate surface area is 120 Å². The predicted molar refractivity (Wildman–Crippen MR) is 75.1 cm³/mol. The molecule has 21 heavy (non-hydrogen) atoms. The summed E-state index contributed by atoms with van der Waals surface area (Å²) in [5.74, 6) is -0.0486. The molecule has 0 aliphatic carbocycles. The Morgan fingerprint density at radius 1 is 1.14 bits per heavy atom. The van der Waals surface area contributed by atoms with Crippen LogP contribution >= 0.6 is 0 Å². The van der Waals surface area contributed by atoms with Crippen molar-refractivity contribution in [3.8, 4) is 22.8 Å². The quantitative estimate of drug-likeness (QED) is 0.686. The lowest BCUT2D eigenvalue weighted by atomic mass is 10.1. The summed E-state index contributed by atoms with van der Waals surface area (Å²) in [5, 5.41) is 3.84. The van der Waals surface area contributed by atoms with Crippen molar-refractivity contribution in [2.45, 2.75) is 6.92 Å². The summed E-state index contributed by atoms with van der Waals surface area (Å²) in [4.78, 5) is 15.6. The maximum absolute atomic E-state index is 13.7. The van der Waals surface area contributed by atoms with E-state index in [4.69, 9.17) is 4.52 Å². The standard InChI is InChI=1S/C16H11FN2O2/c1-10(20)11-5-4-6-12(9-11)15-18-16(21-19-15)13-7-2-3-8-14(13)17/h2-9H,1H3. The number of carbonyl (C=O) groups is 1. The number of hydrogen-bond acceptors (Lipinski definition) is 4. The molecule has 0 fully saturated rings. The Hall–Kier alpha value is -2.82. The van der Waals surface area contributed by atoms with Crippen molar-refractivity contribution in [3.05, 3.63) is 59.9 Å². The fourth-order valence-corrected chi connectivity index (χ4v) is 1.96. The summed E-state index contributed by atoms with van der Waals surface area (Å²) in [6.45, 7) is 1.49. The van der Waals surface area contributed by atoms with Gasteiger partial charge in [0, 0.05) is 11.1 Å². The highest BCUT2D eigenvalue weighted by molar-refractivity contribution is 5.95. The van der Waals surface area contributed by atoms with Crippen molar-refractivity contribution < 1.29 is 13.7 Å². The SMILES string of the molecule is CC(=O)c1cccc(-c2noc(-c3ccccc3F)n2)c1. The van der Waals surface area contributed by atoms with Crippen molar-refractivity contribution in [3.63, 3.8) is 0 Å². The Morgan fingerprint density at radius 2 is 1.95 bits per heavy atom. The van der Waals surface area contributed by atoms with Crippen LogP contribution in [0.3, 0.4) is 0 Å². The first kappa shape index (κ1) is 13.2. The molecule has 4 nitrogen and oxygen atoms in total. The van der Waals surface area contributed by atoms with Crippen LogP contribution < -0.4 is 0 Å². The number of nitrogens with zero attached hydrogens (tertiary/aromatic N) is 2. The first-order valence-corrected chi connectivity index (χ1v) is 6.35. The van der Waals surface area contributed by atoms with Crippen LogP contribution in [-0.4, -0.2) is 15.9 Å². The van der Waals surface area contributed by atoms with Crippen LogP contribution in [0.2, 0.25) is 0 Å².